The van der Waals surface area contributed by atoms with Gasteiger partial charge in [0.15, 0.2) is 5.69 Å². The van der Waals surface area contributed by atoms with E-state index in [1.807, 2.05) is 0 Å². The summed E-state index contributed by atoms with van der Waals surface area (Å²) in [5, 5.41) is 7.09. The fourth-order valence-electron chi connectivity index (χ4n) is 5.06. The number of benzene rings is 1. The summed E-state index contributed by atoms with van der Waals surface area (Å²) in [4.78, 5) is 16.7. The molecule has 0 radical (unpaired) electrons. The number of fused-ring (bicyclic) bond motifs is 2. The molecule has 2 fully saturated rings. The molecular formula is C21H24F3N5O2S. The number of likely N-dealkylation sites (tertiary alicyclic amines) is 1. The summed E-state index contributed by atoms with van der Waals surface area (Å²) in [6.07, 6.45) is -2.83. The summed E-state index contributed by atoms with van der Waals surface area (Å²) in [5.41, 5.74) is 1.45. The highest BCUT2D eigenvalue weighted by Crippen LogP contribution is 2.41. The zero-order valence-corrected chi connectivity index (χ0v) is 18.4. The Morgan fingerprint density at radius 2 is 1.81 bits per heavy atom. The molecule has 1 N–H and O–H groups in total. The van der Waals surface area contributed by atoms with Gasteiger partial charge in [0.1, 0.15) is 0 Å². The summed E-state index contributed by atoms with van der Waals surface area (Å²) in [6, 6.07) is 5.65. The predicted octanol–water partition coefficient (Wildman–Crippen LogP) is 2.21. The van der Waals surface area contributed by atoms with Gasteiger partial charge in [0.25, 0.3) is 5.91 Å². The zero-order valence-electron chi connectivity index (χ0n) is 17.6. The fourth-order valence-corrected chi connectivity index (χ4v) is 5.86. The average molecular weight is 468 g/mol. The van der Waals surface area contributed by atoms with Gasteiger partial charge in [-0.05, 0) is 18.0 Å². The number of carbonyl (C=O) groups excluding carboxylic acids is 1. The lowest BCUT2D eigenvalue weighted by atomic mass is 10.0. The molecule has 2 aromatic rings. The third kappa shape index (κ3) is 3.57. The molecule has 3 aliphatic rings. The van der Waals surface area contributed by atoms with Crippen LogP contribution in [0, 0.1) is 11.8 Å². The van der Waals surface area contributed by atoms with Crippen molar-refractivity contribution in [2.75, 3.05) is 37.3 Å². The minimum atomic E-state index is -4.40. The zero-order chi connectivity index (χ0) is 22.8. The summed E-state index contributed by atoms with van der Waals surface area (Å²) < 4.78 is 54.2. The molecule has 5 rings (SSSR count). The number of H-pyrrole nitrogens is 1. The van der Waals surface area contributed by atoms with Gasteiger partial charge in [-0.25, -0.2) is 4.31 Å². The second-order valence-corrected chi connectivity index (χ2v) is 11.4. The quantitative estimate of drug-likeness (QED) is 0.703. The van der Waals surface area contributed by atoms with E-state index in [9.17, 15) is 22.2 Å². The van der Waals surface area contributed by atoms with Crippen LogP contribution >= 0.6 is 0 Å². The number of alkyl halides is 3. The van der Waals surface area contributed by atoms with Gasteiger partial charge < -0.3 is 9.80 Å². The third-order valence-corrected chi connectivity index (χ3v) is 8.04. The van der Waals surface area contributed by atoms with E-state index >= 15 is 0 Å². The molecule has 3 atom stereocenters. The van der Waals surface area contributed by atoms with E-state index in [4.69, 9.17) is 0 Å². The van der Waals surface area contributed by atoms with Crippen molar-refractivity contribution in [3.8, 4) is 0 Å². The number of anilines is 1. The lowest BCUT2D eigenvalue weighted by Crippen LogP contribution is -2.34. The van der Waals surface area contributed by atoms with Crippen molar-refractivity contribution < 1.29 is 22.2 Å². The lowest BCUT2D eigenvalue weighted by molar-refractivity contribution is -0.137. The highest BCUT2D eigenvalue weighted by molar-refractivity contribution is 7.97. The predicted molar refractivity (Wildman–Crippen MR) is 116 cm³/mol. The van der Waals surface area contributed by atoms with Gasteiger partial charge in [0, 0.05) is 71.8 Å². The molecule has 0 aliphatic carbocycles. The van der Waals surface area contributed by atoms with Crippen LogP contribution in [0.4, 0.5) is 18.9 Å². The molecule has 1 unspecified atom stereocenters. The summed E-state index contributed by atoms with van der Waals surface area (Å²) >= 11 is 0. The number of nitrogens with one attached hydrogen (secondary N) is 1. The molecule has 1 aromatic carbocycles. The minimum Gasteiger partial charge on any atom is -0.370 e. The highest BCUT2D eigenvalue weighted by Gasteiger charge is 2.45. The van der Waals surface area contributed by atoms with Crippen LogP contribution in [0.3, 0.4) is 0 Å². The van der Waals surface area contributed by atoms with E-state index in [1.165, 1.54) is 12.1 Å². The van der Waals surface area contributed by atoms with Crippen molar-refractivity contribution >= 4 is 27.2 Å². The van der Waals surface area contributed by atoms with E-state index in [-0.39, 0.29) is 23.4 Å². The molecule has 0 bridgehead atoms. The standard InChI is InChI=1S/C21H24F3N5O2S/c1-32(2,31)29-11-15-17(12-29)25-26-19(15)20(30)28-9-13-7-27(8-14(13)10-28)18-6-4-3-5-16(18)21(22,23)24/h3-6,13-14H,1,7-12H2,2H3,(H,25,26)/t13-,14+,32?. The first-order valence-electron chi connectivity index (χ1n) is 10.4. The maximum atomic E-state index is 13.4. The Hall–Kier alpha value is -2.53. The number of aromatic amines is 1. The molecule has 2 saturated heterocycles. The normalized spacial score (nSPS) is 25.1. The highest BCUT2D eigenvalue weighted by atomic mass is 32.2. The van der Waals surface area contributed by atoms with Crippen LogP contribution < -0.4 is 4.90 Å². The van der Waals surface area contributed by atoms with Crippen molar-refractivity contribution in [1.82, 2.24) is 19.4 Å². The van der Waals surface area contributed by atoms with Gasteiger partial charge in [-0.1, -0.05) is 12.1 Å². The number of halogens is 3. The van der Waals surface area contributed by atoms with Crippen LogP contribution in [0.1, 0.15) is 27.3 Å². The van der Waals surface area contributed by atoms with E-state index in [2.05, 4.69) is 16.1 Å². The minimum absolute atomic E-state index is 0.109. The number of carbonyl (C=O) groups is 1. The molecule has 32 heavy (non-hydrogen) atoms. The van der Waals surface area contributed by atoms with Gasteiger partial charge in [-0.3, -0.25) is 14.1 Å². The van der Waals surface area contributed by atoms with E-state index < -0.39 is 21.4 Å². The Morgan fingerprint density at radius 1 is 1.16 bits per heavy atom. The number of rotatable bonds is 3. The van der Waals surface area contributed by atoms with Crippen LogP contribution in [0.15, 0.2) is 24.3 Å². The fraction of sp³-hybridized carbons (Fsp3) is 0.476. The first kappa shape index (κ1) is 21.3. The van der Waals surface area contributed by atoms with E-state index in [1.54, 1.807) is 26.4 Å². The number of para-hydroxylation sites is 1. The number of amides is 1. The Kier molecular flexibility index (Phi) is 4.82. The van der Waals surface area contributed by atoms with Crippen LogP contribution in [0.5, 0.6) is 0 Å². The van der Waals surface area contributed by atoms with Gasteiger partial charge in [0.2, 0.25) is 0 Å². The van der Waals surface area contributed by atoms with Crippen molar-refractivity contribution in [3.63, 3.8) is 0 Å². The number of hydrogen-bond acceptors (Lipinski definition) is 4. The maximum Gasteiger partial charge on any atom is 0.418 e. The smallest absolute Gasteiger partial charge is 0.370 e. The van der Waals surface area contributed by atoms with E-state index in [0.717, 1.165) is 17.3 Å². The first-order valence-corrected chi connectivity index (χ1v) is 12.5. The topological polar surface area (TPSA) is 72.5 Å². The monoisotopic (exact) mass is 467 g/mol. The molecule has 3 aliphatic heterocycles. The Bertz CT molecular complexity index is 1160. The molecule has 7 nitrogen and oxygen atoms in total. The Morgan fingerprint density at radius 3 is 2.44 bits per heavy atom. The summed E-state index contributed by atoms with van der Waals surface area (Å²) in [5.74, 6) is 3.74. The molecule has 0 saturated carbocycles. The molecule has 1 aromatic heterocycles. The molecule has 11 heteroatoms. The number of hydrogen-bond donors (Lipinski definition) is 1. The SMILES string of the molecule is C=S(C)(=O)N1Cc2[nH]nc(C(=O)N3C[C@@H]4CN(c5ccccc5C(F)(F)F)C[C@@H]4C3)c2C1. The first-order chi connectivity index (χ1) is 15.0. The number of nitrogens with zero attached hydrogens (tertiary/aromatic N) is 4. The molecule has 4 heterocycles. The van der Waals surface area contributed by atoms with Crippen LogP contribution in [-0.2, 0) is 29.0 Å². The Labute approximate surface area is 184 Å². The van der Waals surface area contributed by atoms with Crippen molar-refractivity contribution in [2.45, 2.75) is 19.3 Å². The van der Waals surface area contributed by atoms with Gasteiger partial charge in [-0.15, -0.1) is 0 Å². The second kappa shape index (κ2) is 7.24. The van der Waals surface area contributed by atoms with Gasteiger partial charge >= 0.3 is 6.18 Å². The second-order valence-electron chi connectivity index (χ2n) is 8.94. The molecule has 0 spiro atoms. The Balaban J connectivity index is 1.29. The van der Waals surface area contributed by atoms with Gasteiger partial charge in [0.05, 0.1) is 17.8 Å². The van der Waals surface area contributed by atoms with E-state index in [0.29, 0.717) is 45.0 Å². The number of aromatic nitrogens is 2. The van der Waals surface area contributed by atoms with Crippen LogP contribution in [0.25, 0.3) is 0 Å². The van der Waals surface area contributed by atoms with Crippen molar-refractivity contribution in [3.05, 3.63) is 46.8 Å². The summed E-state index contributed by atoms with van der Waals surface area (Å²) in [6.45, 7) is 2.70. The molecular weight excluding hydrogens is 443 g/mol. The van der Waals surface area contributed by atoms with Gasteiger partial charge in [-0.2, -0.15) is 18.3 Å². The largest absolute Gasteiger partial charge is 0.418 e. The van der Waals surface area contributed by atoms with Crippen LogP contribution in [-0.4, -0.2) is 67.8 Å². The van der Waals surface area contributed by atoms with Crippen molar-refractivity contribution in [2.24, 2.45) is 11.8 Å². The molecule has 172 valence electrons. The maximum absolute atomic E-state index is 13.4. The lowest BCUT2D eigenvalue weighted by Gasteiger charge is -2.25. The van der Waals surface area contributed by atoms with Crippen molar-refractivity contribution in [1.29, 1.82) is 0 Å². The average Bonchev–Trinajstić information content (AvgIpc) is 3.44. The molecule has 1 amide bonds. The summed E-state index contributed by atoms with van der Waals surface area (Å²) in [7, 11) is -2.39. The van der Waals surface area contributed by atoms with Crippen LogP contribution in [0.2, 0.25) is 0 Å². The third-order valence-electron chi connectivity index (χ3n) is 6.69.